The maximum absolute atomic E-state index is 12.7. The highest BCUT2D eigenvalue weighted by Gasteiger charge is 2.43. The first-order chi connectivity index (χ1) is 12.9. The van der Waals surface area contributed by atoms with Crippen LogP contribution in [0.25, 0.3) is 0 Å². The molecule has 2 aromatic rings. The van der Waals surface area contributed by atoms with E-state index in [1.807, 2.05) is 0 Å². The molecule has 0 aromatic carbocycles. The molecule has 1 N–H and O–H groups in total. The number of carboxylic acid groups (broad SMARTS) is 1. The topological polar surface area (TPSA) is 107 Å². The fourth-order valence-corrected chi connectivity index (χ4v) is 4.86. The van der Waals surface area contributed by atoms with Crippen LogP contribution in [0, 0.1) is 0 Å². The number of methoxy groups -OCH3 is 1. The summed E-state index contributed by atoms with van der Waals surface area (Å²) in [4.78, 5) is 31.3. The van der Waals surface area contributed by atoms with Gasteiger partial charge in [0.25, 0.3) is 5.91 Å². The van der Waals surface area contributed by atoms with Crippen LogP contribution < -0.4 is 4.74 Å². The predicted molar refractivity (Wildman–Crippen MR) is 95.3 cm³/mol. The highest BCUT2D eigenvalue weighted by atomic mass is 32.1. The molecule has 1 saturated heterocycles. The predicted octanol–water partition coefficient (Wildman–Crippen LogP) is 1.29. The molecular formula is C17H20N4O5S. The van der Waals surface area contributed by atoms with Gasteiger partial charge in [0, 0.05) is 31.4 Å². The average Bonchev–Trinajstić information content (AvgIpc) is 3.26. The van der Waals surface area contributed by atoms with Gasteiger partial charge < -0.3 is 19.5 Å². The van der Waals surface area contributed by atoms with E-state index in [1.54, 1.807) is 18.0 Å². The van der Waals surface area contributed by atoms with Crippen LogP contribution in [0.2, 0.25) is 0 Å². The molecule has 9 nitrogen and oxygen atoms in total. The fraction of sp³-hybridized carbons (Fsp3) is 0.529. The summed E-state index contributed by atoms with van der Waals surface area (Å²) in [5.41, 5.74) is 0.463. The lowest BCUT2D eigenvalue weighted by Gasteiger charge is -2.43. The number of nitrogens with zero attached hydrogens (tertiary/aromatic N) is 4. The summed E-state index contributed by atoms with van der Waals surface area (Å²) in [6.07, 6.45) is 1.96. The normalized spacial score (nSPS) is 18.4. The van der Waals surface area contributed by atoms with E-state index in [2.05, 4.69) is 10.1 Å². The standard InChI is InChI=1S/C17H20N4O5S/c1-20-16(25-2)18-13(19-20)14(22)21-6-4-17(5-7-21)10-9-12(15(23)24)27-11(10)3-8-26-17/h9H,3-8H2,1-2H3,(H,23,24). The number of fused-ring (bicyclic) bond motifs is 2. The SMILES string of the molecule is COc1nc(C(=O)N2CCC3(CC2)OCCc2sc(C(=O)O)cc23)nn1C. The molecule has 0 aliphatic carbocycles. The van der Waals surface area contributed by atoms with Gasteiger partial charge in [-0.05, 0) is 24.5 Å². The highest BCUT2D eigenvalue weighted by molar-refractivity contribution is 7.14. The Balaban J connectivity index is 1.52. The number of aromatic nitrogens is 3. The first kappa shape index (κ1) is 17.9. The number of aryl methyl sites for hydroxylation is 1. The van der Waals surface area contributed by atoms with Crippen molar-refractivity contribution in [1.29, 1.82) is 0 Å². The van der Waals surface area contributed by atoms with Crippen molar-refractivity contribution in [3.8, 4) is 6.01 Å². The van der Waals surface area contributed by atoms with E-state index in [0.717, 1.165) is 16.9 Å². The first-order valence-electron chi connectivity index (χ1n) is 8.68. The molecule has 144 valence electrons. The molecule has 4 rings (SSSR count). The second-order valence-corrected chi connectivity index (χ2v) is 7.82. The van der Waals surface area contributed by atoms with Crippen molar-refractivity contribution >= 4 is 23.2 Å². The molecule has 0 atom stereocenters. The van der Waals surface area contributed by atoms with E-state index in [-0.39, 0.29) is 17.7 Å². The number of piperidine rings is 1. The van der Waals surface area contributed by atoms with Crippen LogP contribution in [0.3, 0.4) is 0 Å². The zero-order chi connectivity index (χ0) is 19.2. The zero-order valence-corrected chi connectivity index (χ0v) is 15.9. The van der Waals surface area contributed by atoms with Crippen LogP contribution >= 0.6 is 11.3 Å². The Labute approximate surface area is 159 Å². The Morgan fingerprint density at radius 1 is 1.37 bits per heavy atom. The van der Waals surface area contributed by atoms with Gasteiger partial charge in [0.2, 0.25) is 5.82 Å². The number of carboxylic acids is 1. The second-order valence-electron chi connectivity index (χ2n) is 6.68. The average molecular weight is 392 g/mol. The van der Waals surface area contributed by atoms with E-state index in [9.17, 15) is 14.7 Å². The molecule has 0 unspecified atom stereocenters. The lowest BCUT2D eigenvalue weighted by molar-refractivity contribution is -0.0927. The molecule has 1 fully saturated rings. The summed E-state index contributed by atoms with van der Waals surface area (Å²) in [7, 11) is 3.15. The van der Waals surface area contributed by atoms with Gasteiger partial charge in [0.05, 0.1) is 19.3 Å². The van der Waals surface area contributed by atoms with Crippen molar-refractivity contribution in [2.75, 3.05) is 26.8 Å². The zero-order valence-electron chi connectivity index (χ0n) is 15.1. The second kappa shape index (κ2) is 6.61. The summed E-state index contributed by atoms with van der Waals surface area (Å²) in [6.45, 7) is 1.56. The largest absolute Gasteiger partial charge is 0.477 e. The Morgan fingerprint density at radius 3 is 2.74 bits per heavy atom. The molecular weight excluding hydrogens is 372 g/mol. The quantitative estimate of drug-likeness (QED) is 0.839. The minimum atomic E-state index is -0.910. The minimum Gasteiger partial charge on any atom is -0.477 e. The first-order valence-corrected chi connectivity index (χ1v) is 9.50. The van der Waals surface area contributed by atoms with Crippen molar-refractivity contribution in [3.05, 3.63) is 27.2 Å². The van der Waals surface area contributed by atoms with Gasteiger partial charge in [-0.2, -0.15) is 4.98 Å². The summed E-state index contributed by atoms with van der Waals surface area (Å²) < 4.78 is 12.6. The number of thiophene rings is 1. The van der Waals surface area contributed by atoms with Crippen molar-refractivity contribution in [2.24, 2.45) is 7.05 Å². The number of rotatable bonds is 3. The van der Waals surface area contributed by atoms with Gasteiger partial charge >= 0.3 is 12.0 Å². The van der Waals surface area contributed by atoms with Crippen LogP contribution in [0.4, 0.5) is 0 Å². The molecule has 2 aliphatic rings. The van der Waals surface area contributed by atoms with Crippen molar-refractivity contribution in [1.82, 2.24) is 19.7 Å². The summed E-state index contributed by atoms with van der Waals surface area (Å²) in [5.74, 6) is -1.04. The van der Waals surface area contributed by atoms with Crippen molar-refractivity contribution in [3.63, 3.8) is 0 Å². The third kappa shape index (κ3) is 2.98. The van der Waals surface area contributed by atoms with Crippen LogP contribution in [0.1, 0.15) is 43.6 Å². The van der Waals surface area contributed by atoms with E-state index in [1.165, 1.54) is 23.1 Å². The Hall–Kier alpha value is -2.46. The molecule has 2 aliphatic heterocycles. The summed E-state index contributed by atoms with van der Waals surface area (Å²) in [5, 5.41) is 13.4. The molecule has 4 heterocycles. The molecule has 0 bridgehead atoms. The summed E-state index contributed by atoms with van der Waals surface area (Å²) >= 11 is 1.33. The maximum atomic E-state index is 12.7. The minimum absolute atomic E-state index is 0.110. The number of hydrogen-bond donors (Lipinski definition) is 1. The monoisotopic (exact) mass is 392 g/mol. The van der Waals surface area contributed by atoms with E-state index in [4.69, 9.17) is 9.47 Å². The smallest absolute Gasteiger partial charge is 0.345 e. The number of amides is 1. The van der Waals surface area contributed by atoms with Gasteiger partial charge in [-0.15, -0.1) is 16.4 Å². The van der Waals surface area contributed by atoms with Gasteiger partial charge in [0.15, 0.2) is 0 Å². The molecule has 10 heteroatoms. The molecule has 1 spiro atoms. The molecule has 0 radical (unpaired) electrons. The van der Waals surface area contributed by atoms with Gasteiger partial charge in [-0.25, -0.2) is 9.48 Å². The summed E-state index contributed by atoms with van der Waals surface area (Å²) in [6, 6.07) is 2.02. The lowest BCUT2D eigenvalue weighted by atomic mass is 9.82. The maximum Gasteiger partial charge on any atom is 0.345 e. The number of carbonyl (C=O) groups is 2. The molecule has 2 aromatic heterocycles. The van der Waals surface area contributed by atoms with Crippen LogP contribution in [-0.4, -0.2) is 63.5 Å². The number of hydrogen-bond acceptors (Lipinski definition) is 7. The lowest BCUT2D eigenvalue weighted by Crippen LogP contribution is -2.48. The Morgan fingerprint density at radius 2 is 2.11 bits per heavy atom. The molecule has 1 amide bonds. The number of aromatic carboxylic acids is 1. The third-order valence-electron chi connectivity index (χ3n) is 5.17. The van der Waals surface area contributed by atoms with E-state index in [0.29, 0.717) is 37.4 Å². The number of likely N-dealkylation sites (tertiary alicyclic amines) is 1. The van der Waals surface area contributed by atoms with Crippen molar-refractivity contribution < 1.29 is 24.2 Å². The van der Waals surface area contributed by atoms with Gasteiger partial charge in [-0.1, -0.05) is 0 Å². The van der Waals surface area contributed by atoms with E-state index >= 15 is 0 Å². The van der Waals surface area contributed by atoms with Crippen molar-refractivity contribution in [2.45, 2.75) is 24.9 Å². The van der Waals surface area contributed by atoms with Crippen LogP contribution in [0.15, 0.2) is 6.07 Å². The van der Waals surface area contributed by atoms with Crippen LogP contribution in [0.5, 0.6) is 6.01 Å². The van der Waals surface area contributed by atoms with Gasteiger partial charge in [-0.3, -0.25) is 4.79 Å². The fourth-order valence-electron chi connectivity index (χ4n) is 3.79. The third-order valence-corrected chi connectivity index (χ3v) is 6.36. The van der Waals surface area contributed by atoms with Gasteiger partial charge in [0.1, 0.15) is 4.88 Å². The molecule has 27 heavy (non-hydrogen) atoms. The number of ether oxygens (including phenoxy) is 2. The van der Waals surface area contributed by atoms with Crippen LogP contribution in [-0.2, 0) is 23.8 Å². The molecule has 0 saturated carbocycles. The Bertz CT molecular complexity index is 897. The highest BCUT2D eigenvalue weighted by Crippen LogP contribution is 2.44. The van der Waals surface area contributed by atoms with E-state index < -0.39 is 11.6 Å². The Kier molecular flexibility index (Phi) is 4.39. The number of carbonyl (C=O) groups excluding carboxylic acids is 1.